The minimum absolute atomic E-state index is 0.0892. The first-order chi connectivity index (χ1) is 18.6. The first kappa shape index (κ1) is 27.7. The van der Waals surface area contributed by atoms with Crippen molar-refractivity contribution in [3.05, 3.63) is 77.1 Å². The molecule has 3 aromatic carbocycles. The maximum Gasteiger partial charge on any atom is 0.286 e. The van der Waals surface area contributed by atoms with Crippen LogP contribution in [0.1, 0.15) is 29.4 Å². The van der Waals surface area contributed by atoms with E-state index >= 15 is 0 Å². The van der Waals surface area contributed by atoms with Gasteiger partial charge in [-0.2, -0.15) is 0 Å². The molecule has 5 rings (SSSR count). The largest absolute Gasteiger partial charge is 0.486 e. The number of hydrogen-bond acceptors (Lipinski definition) is 7. The fourth-order valence-corrected chi connectivity index (χ4v) is 4.52. The Balaban J connectivity index is 0.000000438. The van der Waals surface area contributed by atoms with Crippen molar-refractivity contribution in [2.24, 2.45) is 7.05 Å². The molecule has 1 saturated heterocycles. The molecule has 202 valence electrons. The number of amides is 3. The summed E-state index contributed by atoms with van der Waals surface area (Å²) in [6, 6.07) is 17.7. The molecular weight excluding hydrogens is 516 g/mol. The van der Waals surface area contributed by atoms with E-state index in [1.807, 2.05) is 80.1 Å². The maximum absolute atomic E-state index is 11.4. The van der Waals surface area contributed by atoms with Crippen LogP contribution in [-0.4, -0.2) is 32.4 Å². The summed E-state index contributed by atoms with van der Waals surface area (Å²) in [5, 5.41) is 4.75. The molecule has 0 bridgehead atoms. The minimum Gasteiger partial charge on any atom is -0.486 e. The van der Waals surface area contributed by atoms with Crippen LogP contribution in [0.15, 0.2) is 54.6 Å². The van der Waals surface area contributed by atoms with Crippen LogP contribution in [0.2, 0.25) is 0 Å². The second-order valence-electron chi connectivity index (χ2n) is 9.18. The van der Waals surface area contributed by atoms with Gasteiger partial charge in [0, 0.05) is 25.7 Å². The van der Waals surface area contributed by atoms with Crippen LogP contribution < -0.4 is 20.1 Å². The van der Waals surface area contributed by atoms with Gasteiger partial charge in [-0.3, -0.25) is 19.7 Å². The lowest BCUT2D eigenvalue weighted by Gasteiger charge is -2.13. The van der Waals surface area contributed by atoms with E-state index in [1.165, 1.54) is 12.5 Å². The van der Waals surface area contributed by atoms with E-state index in [1.54, 1.807) is 0 Å². The Morgan fingerprint density at radius 2 is 1.67 bits per heavy atom. The molecule has 1 fully saturated rings. The number of thioether (sulfide) groups is 1. The topological polar surface area (TPSA) is 112 Å². The van der Waals surface area contributed by atoms with Crippen LogP contribution in [-0.2, 0) is 23.2 Å². The van der Waals surface area contributed by atoms with E-state index < -0.39 is 0 Å². The molecule has 0 radical (unpaired) electrons. The summed E-state index contributed by atoms with van der Waals surface area (Å²) < 4.78 is 14.1. The molecule has 1 aliphatic rings. The predicted molar refractivity (Wildman–Crippen MR) is 153 cm³/mol. The number of carbonyl (C=O) groups excluding carboxylic acids is 3. The van der Waals surface area contributed by atoms with Gasteiger partial charge < -0.3 is 19.4 Å². The zero-order valence-corrected chi connectivity index (χ0v) is 23.3. The van der Waals surface area contributed by atoms with Gasteiger partial charge in [0.15, 0.2) is 0 Å². The van der Waals surface area contributed by atoms with Gasteiger partial charge >= 0.3 is 0 Å². The molecule has 10 heteroatoms. The number of nitrogens with one attached hydrogen (secondary N) is 2. The SMILES string of the molecule is CC(=O)Nc1c(C)cc(Oc2ccc3nc(COc4ccc(C)cc4)n(C)c3c2)cc1C.O=C1CSC(=O)N1. The third kappa shape index (κ3) is 7.17. The van der Waals surface area contributed by atoms with Crippen molar-refractivity contribution in [2.75, 3.05) is 11.1 Å². The third-order valence-corrected chi connectivity index (χ3v) is 6.72. The standard InChI is InChI=1S/C26H27N3O3.C3H3NO2S/c1-16-6-8-20(9-7-16)31-15-25-28-23-11-10-21(14-24(23)29(25)5)32-22-12-17(2)26(18(3)13-22)27-19(4)30;5-2-1-7-3(6)4-2/h6-14H,15H2,1-5H3,(H,27,30);1H2,(H,4,5,6). The van der Waals surface area contributed by atoms with Crippen LogP contribution >= 0.6 is 11.8 Å². The molecule has 0 unspecified atom stereocenters. The van der Waals surface area contributed by atoms with Crippen molar-refractivity contribution in [3.8, 4) is 17.2 Å². The lowest BCUT2D eigenvalue weighted by molar-refractivity contribution is -0.117. The number of anilines is 1. The Bertz CT molecular complexity index is 1510. The molecule has 9 nitrogen and oxygen atoms in total. The predicted octanol–water partition coefficient (Wildman–Crippen LogP) is 5.80. The Morgan fingerprint density at radius 3 is 2.23 bits per heavy atom. The van der Waals surface area contributed by atoms with Gasteiger partial charge in [0.05, 0.1) is 16.8 Å². The molecule has 0 aliphatic carbocycles. The number of imidazole rings is 1. The molecular formula is C29H30N4O5S. The highest BCUT2D eigenvalue weighted by molar-refractivity contribution is 8.14. The molecule has 0 saturated carbocycles. The second kappa shape index (κ2) is 12.0. The second-order valence-corrected chi connectivity index (χ2v) is 10.1. The lowest BCUT2D eigenvalue weighted by atomic mass is 10.1. The molecule has 2 heterocycles. The van der Waals surface area contributed by atoms with Crippen molar-refractivity contribution in [1.29, 1.82) is 0 Å². The molecule has 1 aliphatic heterocycles. The number of ether oxygens (including phenoxy) is 2. The number of rotatable bonds is 6. The average Bonchev–Trinajstić information content (AvgIpc) is 3.42. The number of nitrogens with zero attached hydrogens (tertiary/aromatic N) is 2. The average molecular weight is 547 g/mol. The van der Waals surface area contributed by atoms with Crippen LogP contribution in [0.5, 0.6) is 17.2 Å². The van der Waals surface area contributed by atoms with Crippen LogP contribution in [0.3, 0.4) is 0 Å². The Morgan fingerprint density at radius 1 is 1.00 bits per heavy atom. The number of aryl methyl sites for hydroxylation is 4. The van der Waals surface area contributed by atoms with Gasteiger partial charge in [0.25, 0.3) is 5.24 Å². The van der Waals surface area contributed by atoms with Crippen LogP contribution in [0.4, 0.5) is 10.5 Å². The lowest BCUT2D eigenvalue weighted by Crippen LogP contribution is -2.18. The van der Waals surface area contributed by atoms with Gasteiger partial charge in [-0.05, 0) is 68.3 Å². The van der Waals surface area contributed by atoms with E-state index in [4.69, 9.17) is 14.5 Å². The van der Waals surface area contributed by atoms with E-state index in [2.05, 4.69) is 17.6 Å². The number of fused-ring (bicyclic) bond motifs is 1. The summed E-state index contributed by atoms with van der Waals surface area (Å²) in [5.74, 6) is 3.11. The van der Waals surface area contributed by atoms with Crippen molar-refractivity contribution >= 4 is 45.5 Å². The van der Waals surface area contributed by atoms with Gasteiger partial charge in [0.2, 0.25) is 11.8 Å². The number of aromatic nitrogens is 2. The quantitative estimate of drug-likeness (QED) is 0.314. The maximum atomic E-state index is 11.4. The monoisotopic (exact) mass is 546 g/mol. The summed E-state index contributed by atoms with van der Waals surface area (Å²) in [6.07, 6.45) is 0. The molecule has 2 N–H and O–H groups in total. The molecule has 4 aromatic rings. The van der Waals surface area contributed by atoms with Crippen LogP contribution in [0, 0.1) is 20.8 Å². The van der Waals surface area contributed by atoms with Gasteiger partial charge in [0.1, 0.15) is 29.7 Å². The van der Waals surface area contributed by atoms with E-state index in [0.717, 1.165) is 62.7 Å². The number of imide groups is 1. The Labute approximate surface area is 230 Å². The zero-order valence-electron chi connectivity index (χ0n) is 22.5. The number of hydrogen-bond donors (Lipinski definition) is 2. The van der Waals surface area contributed by atoms with E-state index in [-0.39, 0.29) is 17.1 Å². The number of carbonyl (C=O) groups is 3. The molecule has 1 aromatic heterocycles. The molecule has 3 amide bonds. The normalized spacial score (nSPS) is 12.5. The molecule has 39 heavy (non-hydrogen) atoms. The third-order valence-electron chi connectivity index (χ3n) is 5.95. The van der Waals surface area contributed by atoms with Gasteiger partial charge in [-0.15, -0.1) is 0 Å². The first-order valence-electron chi connectivity index (χ1n) is 12.3. The van der Waals surface area contributed by atoms with Gasteiger partial charge in [-0.25, -0.2) is 4.98 Å². The highest BCUT2D eigenvalue weighted by Gasteiger charge is 2.17. The fourth-order valence-electron chi connectivity index (χ4n) is 4.00. The first-order valence-corrected chi connectivity index (χ1v) is 13.3. The smallest absolute Gasteiger partial charge is 0.286 e. The fraction of sp³-hybridized carbons (Fsp3) is 0.241. The number of benzene rings is 3. The Hall–Kier alpha value is -4.31. The summed E-state index contributed by atoms with van der Waals surface area (Å²) in [5.41, 5.74) is 5.77. The van der Waals surface area contributed by atoms with Crippen molar-refractivity contribution in [3.63, 3.8) is 0 Å². The molecule has 0 spiro atoms. The summed E-state index contributed by atoms with van der Waals surface area (Å²) in [7, 11) is 1.98. The molecule has 0 atom stereocenters. The van der Waals surface area contributed by atoms with Gasteiger partial charge in [-0.1, -0.05) is 29.5 Å². The summed E-state index contributed by atoms with van der Waals surface area (Å²) in [6.45, 7) is 7.85. The highest BCUT2D eigenvalue weighted by Crippen LogP contribution is 2.31. The summed E-state index contributed by atoms with van der Waals surface area (Å²) >= 11 is 1.01. The van der Waals surface area contributed by atoms with E-state index in [0.29, 0.717) is 12.4 Å². The minimum atomic E-state index is -0.231. The summed E-state index contributed by atoms with van der Waals surface area (Å²) in [4.78, 5) is 36.3. The van der Waals surface area contributed by atoms with Crippen molar-refractivity contribution in [2.45, 2.75) is 34.3 Å². The highest BCUT2D eigenvalue weighted by atomic mass is 32.2. The van der Waals surface area contributed by atoms with E-state index in [9.17, 15) is 14.4 Å². The van der Waals surface area contributed by atoms with Crippen molar-refractivity contribution < 1.29 is 23.9 Å². The Kier molecular flexibility index (Phi) is 8.55. The zero-order chi connectivity index (χ0) is 28.1. The van der Waals surface area contributed by atoms with Crippen molar-refractivity contribution in [1.82, 2.24) is 14.9 Å². The van der Waals surface area contributed by atoms with Crippen LogP contribution in [0.25, 0.3) is 11.0 Å².